The standard InChI is InChI=1S/C23H24ClN3O2S/c1-16-10-11-17(14-19(16)24)27-22(29)18-8-4-5-9-20(18)25-23(27)30-15-21(28)26-12-6-2-3-7-13-26/h4-5,8-11,14H,2-3,6-7,12-13,15H2,1H3. The fourth-order valence-corrected chi connectivity index (χ4v) is 4.79. The Bertz CT molecular complexity index is 1140. The number of carbonyl (C=O) groups excluding carboxylic acids is 1. The maximum Gasteiger partial charge on any atom is 0.266 e. The summed E-state index contributed by atoms with van der Waals surface area (Å²) < 4.78 is 1.56. The van der Waals surface area contributed by atoms with Crippen LogP contribution in [0.4, 0.5) is 0 Å². The van der Waals surface area contributed by atoms with Crippen molar-refractivity contribution < 1.29 is 4.79 Å². The number of rotatable bonds is 4. The maximum atomic E-state index is 13.3. The van der Waals surface area contributed by atoms with Gasteiger partial charge in [0, 0.05) is 18.1 Å². The third kappa shape index (κ3) is 4.40. The first-order valence-electron chi connectivity index (χ1n) is 10.2. The lowest BCUT2D eigenvalue weighted by Crippen LogP contribution is -2.33. The molecule has 0 aliphatic carbocycles. The molecule has 4 rings (SSSR count). The van der Waals surface area contributed by atoms with Crippen molar-refractivity contribution in [1.82, 2.24) is 14.5 Å². The average Bonchev–Trinajstić information content (AvgIpc) is 3.04. The largest absolute Gasteiger partial charge is 0.342 e. The molecule has 0 N–H and O–H groups in total. The highest BCUT2D eigenvalue weighted by molar-refractivity contribution is 7.99. The second-order valence-electron chi connectivity index (χ2n) is 7.57. The van der Waals surface area contributed by atoms with Crippen molar-refractivity contribution in [3.8, 4) is 5.69 Å². The van der Waals surface area contributed by atoms with Crippen LogP contribution in [0.5, 0.6) is 0 Å². The van der Waals surface area contributed by atoms with E-state index >= 15 is 0 Å². The third-order valence-corrected chi connectivity index (χ3v) is 6.77. The van der Waals surface area contributed by atoms with Gasteiger partial charge in [0.2, 0.25) is 5.91 Å². The number of aryl methyl sites for hydroxylation is 1. The van der Waals surface area contributed by atoms with Crippen molar-refractivity contribution >= 4 is 40.2 Å². The van der Waals surface area contributed by atoms with Gasteiger partial charge in [-0.1, -0.05) is 54.4 Å². The lowest BCUT2D eigenvalue weighted by molar-refractivity contribution is -0.128. The topological polar surface area (TPSA) is 55.2 Å². The lowest BCUT2D eigenvalue weighted by atomic mass is 10.2. The van der Waals surface area contributed by atoms with E-state index in [2.05, 4.69) is 0 Å². The van der Waals surface area contributed by atoms with Crippen LogP contribution in [0.2, 0.25) is 5.02 Å². The van der Waals surface area contributed by atoms with E-state index in [1.54, 1.807) is 16.7 Å². The van der Waals surface area contributed by atoms with Gasteiger partial charge in [-0.15, -0.1) is 0 Å². The normalized spacial score (nSPS) is 14.7. The van der Waals surface area contributed by atoms with Crippen LogP contribution in [0.25, 0.3) is 16.6 Å². The molecule has 1 saturated heterocycles. The number of aromatic nitrogens is 2. The van der Waals surface area contributed by atoms with E-state index in [1.807, 2.05) is 42.2 Å². The highest BCUT2D eigenvalue weighted by atomic mass is 35.5. The Labute approximate surface area is 185 Å². The zero-order valence-corrected chi connectivity index (χ0v) is 18.5. The minimum absolute atomic E-state index is 0.0952. The summed E-state index contributed by atoms with van der Waals surface area (Å²) in [5, 5.41) is 1.63. The molecule has 7 heteroatoms. The summed E-state index contributed by atoms with van der Waals surface area (Å²) in [6, 6.07) is 12.8. The Kier molecular flexibility index (Phi) is 6.44. The first-order valence-corrected chi connectivity index (χ1v) is 11.6. The van der Waals surface area contributed by atoms with Crippen LogP contribution in [0, 0.1) is 6.92 Å². The minimum Gasteiger partial charge on any atom is -0.342 e. The Hall–Kier alpha value is -2.31. The van der Waals surface area contributed by atoms with Gasteiger partial charge in [0.25, 0.3) is 5.56 Å². The molecule has 1 aromatic heterocycles. The SMILES string of the molecule is Cc1ccc(-n2c(SCC(=O)N3CCCCCC3)nc3ccccc3c2=O)cc1Cl. The molecule has 1 amide bonds. The third-order valence-electron chi connectivity index (χ3n) is 5.44. The molecule has 0 unspecified atom stereocenters. The lowest BCUT2D eigenvalue weighted by Gasteiger charge is -2.20. The summed E-state index contributed by atoms with van der Waals surface area (Å²) in [5.41, 5.74) is 2.05. The predicted molar refractivity (Wildman–Crippen MR) is 123 cm³/mol. The molecular weight excluding hydrogens is 418 g/mol. The number of carbonyl (C=O) groups is 1. The van der Waals surface area contributed by atoms with Gasteiger partial charge in [-0.25, -0.2) is 4.98 Å². The number of hydrogen-bond acceptors (Lipinski definition) is 4. The van der Waals surface area contributed by atoms with Gasteiger partial charge >= 0.3 is 0 Å². The van der Waals surface area contributed by atoms with E-state index in [1.165, 1.54) is 24.6 Å². The molecule has 0 saturated carbocycles. The summed E-state index contributed by atoms with van der Waals surface area (Å²) in [4.78, 5) is 32.7. The summed E-state index contributed by atoms with van der Waals surface area (Å²) in [7, 11) is 0. The van der Waals surface area contributed by atoms with Crippen molar-refractivity contribution in [2.75, 3.05) is 18.8 Å². The number of nitrogens with zero attached hydrogens (tertiary/aromatic N) is 3. The van der Waals surface area contributed by atoms with E-state index in [0.717, 1.165) is 31.5 Å². The second-order valence-corrected chi connectivity index (χ2v) is 8.92. The van der Waals surface area contributed by atoms with Crippen LogP contribution in [-0.2, 0) is 4.79 Å². The molecule has 0 bridgehead atoms. The molecule has 30 heavy (non-hydrogen) atoms. The first kappa shape index (κ1) is 20.9. The highest BCUT2D eigenvalue weighted by Gasteiger charge is 2.19. The van der Waals surface area contributed by atoms with Crippen LogP contribution in [0.1, 0.15) is 31.2 Å². The molecular formula is C23H24ClN3O2S. The van der Waals surface area contributed by atoms with Crippen molar-refractivity contribution in [2.45, 2.75) is 37.8 Å². The van der Waals surface area contributed by atoms with E-state index in [0.29, 0.717) is 26.8 Å². The minimum atomic E-state index is -0.162. The maximum absolute atomic E-state index is 13.3. The van der Waals surface area contributed by atoms with Crippen molar-refractivity contribution in [2.24, 2.45) is 0 Å². The molecule has 2 aromatic carbocycles. The number of para-hydroxylation sites is 1. The highest BCUT2D eigenvalue weighted by Crippen LogP contribution is 2.25. The van der Waals surface area contributed by atoms with Gasteiger partial charge in [-0.05, 0) is 49.6 Å². The Balaban J connectivity index is 1.71. The van der Waals surface area contributed by atoms with E-state index in [9.17, 15) is 9.59 Å². The van der Waals surface area contributed by atoms with Gasteiger partial charge in [0.15, 0.2) is 5.16 Å². The van der Waals surface area contributed by atoms with Gasteiger partial charge in [-0.2, -0.15) is 0 Å². The van der Waals surface area contributed by atoms with E-state index < -0.39 is 0 Å². The number of likely N-dealkylation sites (tertiary alicyclic amines) is 1. The summed E-state index contributed by atoms with van der Waals surface area (Å²) >= 11 is 7.63. The van der Waals surface area contributed by atoms with Crippen molar-refractivity contribution in [1.29, 1.82) is 0 Å². The molecule has 1 aliphatic rings. The molecule has 3 aromatic rings. The molecule has 1 fully saturated rings. The number of amides is 1. The average molecular weight is 442 g/mol. The Morgan fingerprint density at radius 1 is 1.10 bits per heavy atom. The van der Waals surface area contributed by atoms with Gasteiger partial charge in [-0.3, -0.25) is 14.2 Å². The van der Waals surface area contributed by atoms with Gasteiger partial charge < -0.3 is 4.90 Å². The molecule has 0 radical (unpaired) electrons. The van der Waals surface area contributed by atoms with Crippen molar-refractivity contribution in [3.05, 3.63) is 63.4 Å². The van der Waals surface area contributed by atoms with Gasteiger partial charge in [0.1, 0.15) is 0 Å². The summed E-state index contributed by atoms with van der Waals surface area (Å²) in [6.45, 7) is 3.54. The fraction of sp³-hybridized carbons (Fsp3) is 0.348. The predicted octanol–water partition coefficient (Wildman–Crippen LogP) is 4.84. The van der Waals surface area contributed by atoms with Crippen LogP contribution >= 0.6 is 23.4 Å². The number of hydrogen-bond donors (Lipinski definition) is 0. The van der Waals surface area contributed by atoms with E-state index in [-0.39, 0.29) is 17.2 Å². The van der Waals surface area contributed by atoms with E-state index in [4.69, 9.17) is 16.6 Å². The van der Waals surface area contributed by atoms with Crippen LogP contribution in [0.15, 0.2) is 52.4 Å². The molecule has 1 aliphatic heterocycles. The molecule has 5 nitrogen and oxygen atoms in total. The zero-order chi connectivity index (χ0) is 21.1. The van der Waals surface area contributed by atoms with Crippen LogP contribution in [0.3, 0.4) is 0 Å². The smallest absolute Gasteiger partial charge is 0.266 e. The monoisotopic (exact) mass is 441 g/mol. The van der Waals surface area contributed by atoms with Gasteiger partial charge in [0.05, 0.1) is 22.3 Å². The molecule has 156 valence electrons. The fourth-order valence-electron chi connectivity index (χ4n) is 3.70. The van der Waals surface area contributed by atoms with Crippen molar-refractivity contribution in [3.63, 3.8) is 0 Å². The second kappa shape index (κ2) is 9.23. The first-order chi connectivity index (χ1) is 14.5. The quantitative estimate of drug-likeness (QED) is 0.429. The summed E-state index contributed by atoms with van der Waals surface area (Å²) in [6.07, 6.45) is 4.46. The zero-order valence-electron chi connectivity index (χ0n) is 16.9. The molecule has 0 atom stereocenters. The van der Waals surface area contributed by atoms with Crippen LogP contribution < -0.4 is 5.56 Å². The molecule has 2 heterocycles. The Morgan fingerprint density at radius 3 is 2.57 bits per heavy atom. The number of halogens is 1. The molecule has 0 spiro atoms. The Morgan fingerprint density at radius 2 is 1.83 bits per heavy atom. The van der Waals surface area contributed by atoms with Crippen LogP contribution in [-0.4, -0.2) is 39.2 Å². The number of benzene rings is 2. The summed E-state index contributed by atoms with van der Waals surface area (Å²) in [5.74, 6) is 0.350. The number of thioether (sulfide) groups is 1. The number of fused-ring (bicyclic) bond motifs is 1.